The molecule has 0 aromatic heterocycles. The minimum Gasteiger partial charge on any atom is -0.462 e. The fourth-order valence-electron chi connectivity index (χ4n) is 4.20. The van der Waals surface area contributed by atoms with E-state index in [2.05, 4.69) is 6.58 Å². The number of carbonyl (C=O) groups excluding carboxylic acids is 5. The molecule has 11 heteroatoms. The molecule has 1 N–H and O–H groups in total. The van der Waals surface area contributed by atoms with Gasteiger partial charge in [-0.1, -0.05) is 13.0 Å². The van der Waals surface area contributed by atoms with Gasteiger partial charge in [0.15, 0.2) is 0 Å². The summed E-state index contributed by atoms with van der Waals surface area (Å²) >= 11 is 0. The normalized spacial score (nSPS) is 10.5. The van der Waals surface area contributed by atoms with Gasteiger partial charge in [0.05, 0.1) is 17.7 Å². The molecule has 0 spiro atoms. The lowest BCUT2D eigenvalue weighted by atomic mass is 10.2. The van der Waals surface area contributed by atoms with Crippen molar-refractivity contribution >= 4 is 29.8 Å². The molecule has 0 radical (unpaired) electrons. The largest absolute Gasteiger partial charge is 0.462 e. The van der Waals surface area contributed by atoms with Crippen molar-refractivity contribution in [3.05, 3.63) is 95.6 Å². The van der Waals surface area contributed by atoms with Gasteiger partial charge in [-0.15, -0.1) is 0 Å². The van der Waals surface area contributed by atoms with E-state index in [-0.39, 0.29) is 54.4 Å². The van der Waals surface area contributed by atoms with Crippen molar-refractivity contribution in [2.45, 2.75) is 65.2 Å². The molecule has 0 bridgehead atoms. The van der Waals surface area contributed by atoms with Crippen LogP contribution in [0.3, 0.4) is 0 Å². The van der Waals surface area contributed by atoms with Crippen LogP contribution >= 0.6 is 0 Å². The third kappa shape index (κ3) is 12.8. The number of carbonyl (C=O) groups is 5. The van der Waals surface area contributed by atoms with E-state index in [1.165, 1.54) is 60.7 Å². The molecule has 0 saturated heterocycles. The van der Waals surface area contributed by atoms with Crippen LogP contribution in [0.5, 0.6) is 23.0 Å². The van der Waals surface area contributed by atoms with E-state index in [0.29, 0.717) is 49.0 Å². The highest BCUT2D eigenvalue weighted by molar-refractivity contribution is 5.92. The Hall–Kier alpha value is -5.29. The van der Waals surface area contributed by atoms with Gasteiger partial charge in [-0.05, 0) is 118 Å². The highest BCUT2D eigenvalue weighted by Crippen LogP contribution is 2.26. The van der Waals surface area contributed by atoms with Gasteiger partial charge in [0.25, 0.3) is 0 Å². The molecule has 0 aliphatic rings. The lowest BCUT2D eigenvalue weighted by molar-refractivity contribution is -0.139. The molecule has 3 aromatic rings. The van der Waals surface area contributed by atoms with Gasteiger partial charge in [0.1, 0.15) is 23.0 Å². The maximum Gasteiger partial charge on any atom is 0.343 e. The van der Waals surface area contributed by atoms with Crippen molar-refractivity contribution in [3.8, 4) is 23.0 Å². The number of aliphatic hydroxyl groups is 1. The smallest absolute Gasteiger partial charge is 0.343 e. The fourth-order valence-corrected chi connectivity index (χ4v) is 4.20. The number of aliphatic hydroxyl groups excluding tert-OH is 1. The van der Waals surface area contributed by atoms with Crippen LogP contribution in [-0.2, 0) is 19.1 Å². The molecular weight excluding hydrogens is 620 g/mol. The van der Waals surface area contributed by atoms with Crippen molar-refractivity contribution in [2.24, 2.45) is 0 Å². The van der Waals surface area contributed by atoms with Gasteiger partial charge >= 0.3 is 29.8 Å². The van der Waals surface area contributed by atoms with E-state index in [1.807, 2.05) is 0 Å². The Balaban J connectivity index is 1.43. The Morgan fingerprint density at radius 1 is 0.625 bits per heavy atom. The number of unbranched alkanes of at least 4 members (excludes halogenated alkanes) is 4. The van der Waals surface area contributed by atoms with E-state index in [1.54, 1.807) is 19.9 Å². The Labute approximate surface area is 279 Å². The van der Waals surface area contributed by atoms with Crippen LogP contribution in [0, 0.1) is 6.92 Å². The fraction of sp³-hybridized carbons (Fsp3) is 0.324. The molecule has 0 unspecified atom stereocenters. The third-order valence-corrected chi connectivity index (χ3v) is 6.85. The first-order valence-electron chi connectivity index (χ1n) is 15.7. The zero-order chi connectivity index (χ0) is 34.9. The summed E-state index contributed by atoms with van der Waals surface area (Å²) in [6, 6.07) is 16.5. The average molecular weight is 661 g/mol. The molecule has 3 aromatic carbocycles. The molecule has 0 atom stereocenters. The summed E-state index contributed by atoms with van der Waals surface area (Å²) in [7, 11) is 0. The number of aryl methyl sites for hydroxylation is 1. The Morgan fingerprint density at radius 2 is 1.12 bits per heavy atom. The van der Waals surface area contributed by atoms with Gasteiger partial charge in [0.2, 0.25) is 0 Å². The summed E-state index contributed by atoms with van der Waals surface area (Å²) in [6.07, 6.45) is 4.31. The van der Waals surface area contributed by atoms with Gasteiger partial charge < -0.3 is 28.8 Å². The van der Waals surface area contributed by atoms with Crippen molar-refractivity contribution in [2.75, 3.05) is 13.2 Å². The summed E-state index contributed by atoms with van der Waals surface area (Å²) in [5, 5.41) is 8.81. The second kappa shape index (κ2) is 19.4. The molecule has 0 aliphatic heterocycles. The van der Waals surface area contributed by atoms with E-state index >= 15 is 0 Å². The minimum absolute atomic E-state index is 0.0887. The molecule has 0 amide bonds. The first kappa shape index (κ1) is 37.2. The number of ether oxygens (including phenoxy) is 5. The topological polar surface area (TPSA) is 152 Å². The quantitative estimate of drug-likeness (QED) is 0.0691. The maximum atomic E-state index is 12.7. The summed E-state index contributed by atoms with van der Waals surface area (Å²) in [6.45, 7) is 7.15. The highest BCUT2D eigenvalue weighted by atomic mass is 16.6. The number of esters is 5. The second-order valence-electron chi connectivity index (χ2n) is 11.0. The Bertz CT molecular complexity index is 1570. The van der Waals surface area contributed by atoms with Crippen LogP contribution in [0.1, 0.15) is 84.6 Å². The van der Waals surface area contributed by atoms with Crippen LogP contribution in [0.4, 0.5) is 0 Å². The zero-order valence-electron chi connectivity index (χ0n) is 27.2. The van der Waals surface area contributed by atoms with Crippen LogP contribution < -0.4 is 18.9 Å². The molecule has 0 aliphatic carbocycles. The average Bonchev–Trinajstić information content (AvgIpc) is 3.06. The van der Waals surface area contributed by atoms with Crippen molar-refractivity contribution in [1.82, 2.24) is 0 Å². The molecule has 3 rings (SSSR count). The summed E-state index contributed by atoms with van der Waals surface area (Å²) in [5.41, 5.74) is 1.38. The number of rotatable bonds is 18. The highest BCUT2D eigenvalue weighted by Gasteiger charge is 2.15. The van der Waals surface area contributed by atoms with E-state index < -0.39 is 29.8 Å². The summed E-state index contributed by atoms with van der Waals surface area (Å²) in [5.74, 6) is -1.38. The van der Waals surface area contributed by atoms with Crippen molar-refractivity contribution in [1.29, 1.82) is 0 Å². The van der Waals surface area contributed by atoms with Crippen LogP contribution in [-0.4, -0.2) is 48.2 Å². The Morgan fingerprint density at radius 3 is 1.62 bits per heavy atom. The standard InChI is InChI=1S/C37H40O11/c1-25(2)35(41)44-23-9-5-7-11-34(40)46-30-18-14-28(15-19-30)37(43)48-32-21-20-31(24-26(32)3)47-36(42)27-12-16-29(17-13-27)45-33(39)10-6-4-8-22-38/h12-21,24,38H,1,4-11,22-23H2,2-3H3. The molecule has 254 valence electrons. The third-order valence-electron chi connectivity index (χ3n) is 6.85. The SMILES string of the molecule is C=C(C)C(=O)OCCCCCC(=O)Oc1ccc(C(=O)Oc2ccc(OC(=O)c3ccc(OC(=O)CCCCCO)cc3)cc2C)cc1. The number of hydrogen-bond donors (Lipinski definition) is 1. The van der Waals surface area contributed by atoms with Crippen molar-refractivity contribution in [3.63, 3.8) is 0 Å². The molecule has 11 nitrogen and oxygen atoms in total. The van der Waals surface area contributed by atoms with E-state index in [0.717, 1.165) is 6.42 Å². The maximum absolute atomic E-state index is 12.7. The van der Waals surface area contributed by atoms with Crippen LogP contribution in [0.25, 0.3) is 0 Å². The summed E-state index contributed by atoms with van der Waals surface area (Å²) < 4.78 is 26.6. The van der Waals surface area contributed by atoms with Crippen LogP contribution in [0.2, 0.25) is 0 Å². The number of hydrogen-bond acceptors (Lipinski definition) is 11. The van der Waals surface area contributed by atoms with Crippen molar-refractivity contribution < 1.29 is 52.8 Å². The predicted octanol–water partition coefficient (Wildman–Crippen LogP) is 6.48. The first-order valence-corrected chi connectivity index (χ1v) is 15.7. The lowest BCUT2D eigenvalue weighted by Gasteiger charge is -2.11. The molecule has 0 fully saturated rings. The van der Waals surface area contributed by atoms with Gasteiger partial charge in [-0.25, -0.2) is 14.4 Å². The second-order valence-corrected chi connectivity index (χ2v) is 11.0. The van der Waals surface area contributed by atoms with Gasteiger partial charge in [0, 0.05) is 25.0 Å². The molecule has 0 saturated carbocycles. The number of benzene rings is 3. The molecule has 48 heavy (non-hydrogen) atoms. The minimum atomic E-state index is -0.626. The van der Waals surface area contributed by atoms with E-state index in [9.17, 15) is 24.0 Å². The van der Waals surface area contributed by atoms with Crippen LogP contribution in [0.15, 0.2) is 78.9 Å². The van der Waals surface area contributed by atoms with Gasteiger partial charge in [-0.2, -0.15) is 0 Å². The predicted molar refractivity (Wildman–Crippen MR) is 175 cm³/mol. The monoisotopic (exact) mass is 660 g/mol. The molecular formula is C37H40O11. The summed E-state index contributed by atoms with van der Waals surface area (Å²) in [4.78, 5) is 60.8. The zero-order valence-corrected chi connectivity index (χ0v) is 27.2. The van der Waals surface area contributed by atoms with Gasteiger partial charge in [-0.3, -0.25) is 9.59 Å². The molecule has 0 heterocycles. The lowest BCUT2D eigenvalue weighted by Crippen LogP contribution is -2.11. The Kier molecular flexibility index (Phi) is 15.0. The van der Waals surface area contributed by atoms with E-state index in [4.69, 9.17) is 28.8 Å². The first-order chi connectivity index (χ1) is 23.0.